The first-order valence-corrected chi connectivity index (χ1v) is 7.00. The predicted octanol–water partition coefficient (Wildman–Crippen LogP) is 2.49. The second kappa shape index (κ2) is 5.23. The maximum absolute atomic E-state index is 12.3. The highest BCUT2D eigenvalue weighted by Gasteiger charge is 2.47. The largest absolute Gasteiger partial charge is 0.385 e. The number of aliphatic hydroxyl groups is 1. The van der Waals surface area contributed by atoms with Gasteiger partial charge in [-0.1, -0.05) is 43.6 Å². The number of nitrogens with two attached hydrogens (primary N) is 1. The van der Waals surface area contributed by atoms with Crippen LogP contribution < -0.4 is 5.73 Å². The summed E-state index contributed by atoms with van der Waals surface area (Å²) in [6, 6.07) is 7.12. The Labute approximate surface area is 118 Å². The lowest BCUT2D eigenvalue weighted by Crippen LogP contribution is -2.55. The van der Waals surface area contributed by atoms with Crippen LogP contribution in [-0.4, -0.2) is 17.0 Å². The number of ketones is 1. The van der Waals surface area contributed by atoms with Crippen LogP contribution in [0.3, 0.4) is 0 Å². The molecule has 104 valence electrons. The van der Waals surface area contributed by atoms with E-state index in [1.165, 1.54) is 0 Å². The molecule has 0 radical (unpaired) electrons. The second-order valence-corrected chi connectivity index (χ2v) is 6.18. The van der Waals surface area contributed by atoms with Crippen molar-refractivity contribution in [2.24, 2.45) is 17.6 Å². The fourth-order valence-corrected chi connectivity index (χ4v) is 3.17. The number of rotatable bonds is 2. The molecule has 1 fully saturated rings. The summed E-state index contributed by atoms with van der Waals surface area (Å²) in [6.45, 7) is 4.17. The Kier molecular flexibility index (Phi) is 4.00. The molecule has 3 N–H and O–H groups in total. The molecule has 1 aromatic rings. The number of hydrogen-bond donors (Lipinski definition) is 2. The fourth-order valence-electron chi connectivity index (χ4n) is 2.86. The Morgan fingerprint density at radius 2 is 2.05 bits per heavy atom. The highest BCUT2D eigenvalue weighted by Crippen LogP contribution is 2.41. The van der Waals surface area contributed by atoms with Gasteiger partial charge in [0.15, 0.2) is 5.78 Å². The Hall–Kier alpha value is -0.900. The summed E-state index contributed by atoms with van der Waals surface area (Å²) in [6.07, 6.45) is 0.0203. The third kappa shape index (κ3) is 2.55. The van der Waals surface area contributed by atoms with Crippen molar-refractivity contribution in [2.75, 3.05) is 0 Å². The van der Waals surface area contributed by atoms with Gasteiger partial charge in [-0.2, -0.15) is 0 Å². The minimum Gasteiger partial charge on any atom is -0.385 e. The topological polar surface area (TPSA) is 63.3 Å². The molecule has 1 saturated carbocycles. The molecule has 1 aliphatic rings. The van der Waals surface area contributed by atoms with E-state index in [1.54, 1.807) is 18.2 Å². The van der Waals surface area contributed by atoms with E-state index in [2.05, 4.69) is 13.8 Å². The van der Waals surface area contributed by atoms with Gasteiger partial charge in [0.25, 0.3) is 0 Å². The molecule has 2 rings (SSSR count). The average Bonchev–Trinajstić information content (AvgIpc) is 2.35. The summed E-state index contributed by atoms with van der Waals surface area (Å²) in [4.78, 5) is 12.3. The van der Waals surface area contributed by atoms with Gasteiger partial charge >= 0.3 is 0 Å². The van der Waals surface area contributed by atoms with Gasteiger partial charge in [-0.3, -0.25) is 4.79 Å². The molecule has 0 unspecified atom stereocenters. The number of carbonyl (C=O) groups is 1. The smallest absolute Gasteiger partial charge is 0.185 e. The van der Waals surface area contributed by atoms with Gasteiger partial charge in [0.2, 0.25) is 0 Å². The van der Waals surface area contributed by atoms with Crippen LogP contribution >= 0.6 is 11.6 Å². The van der Waals surface area contributed by atoms with E-state index in [9.17, 15) is 9.90 Å². The van der Waals surface area contributed by atoms with Crippen LogP contribution in [0.4, 0.5) is 0 Å². The molecule has 3 nitrogen and oxygen atoms in total. The van der Waals surface area contributed by atoms with E-state index in [4.69, 9.17) is 17.3 Å². The van der Waals surface area contributed by atoms with Crippen LogP contribution in [0.15, 0.2) is 24.3 Å². The van der Waals surface area contributed by atoms with Gasteiger partial charge in [-0.05, 0) is 36.3 Å². The number of hydrogen-bond acceptors (Lipinski definition) is 3. The average molecular weight is 282 g/mol. The van der Waals surface area contributed by atoms with Gasteiger partial charge in [-0.15, -0.1) is 0 Å². The first kappa shape index (κ1) is 14.5. The van der Waals surface area contributed by atoms with Crippen molar-refractivity contribution in [2.45, 2.75) is 38.3 Å². The summed E-state index contributed by atoms with van der Waals surface area (Å²) >= 11 is 6.17. The summed E-state index contributed by atoms with van der Waals surface area (Å²) < 4.78 is 0. The lowest BCUT2D eigenvalue weighted by molar-refractivity contribution is -0.138. The third-order valence-corrected chi connectivity index (χ3v) is 4.48. The molecule has 0 bridgehead atoms. The van der Waals surface area contributed by atoms with Crippen LogP contribution in [0.1, 0.15) is 32.3 Å². The van der Waals surface area contributed by atoms with Crippen LogP contribution in [0.2, 0.25) is 5.02 Å². The normalized spacial score (nSPS) is 31.8. The first-order chi connectivity index (χ1) is 8.86. The molecule has 3 atom stereocenters. The van der Waals surface area contributed by atoms with Gasteiger partial charge in [0, 0.05) is 5.02 Å². The Bertz CT molecular complexity index is 489. The highest BCUT2D eigenvalue weighted by atomic mass is 35.5. The monoisotopic (exact) mass is 281 g/mol. The quantitative estimate of drug-likeness (QED) is 0.875. The van der Waals surface area contributed by atoms with Gasteiger partial charge in [0.05, 0.1) is 0 Å². The van der Waals surface area contributed by atoms with Crippen molar-refractivity contribution < 1.29 is 9.90 Å². The molecule has 0 aliphatic heterocycles. The number of halogens is 1. The summed E-state index contributed by atoms with van der Waals surface area (Å²) in [7, 11) is 0. The van der Waals surface area contributed by atoms with Crippen molar-refractivity contribution >= 4 is 17.4 Å². The zero-order chi connectivity index (χ0) is 14.2. The molecular formula is C15H20ClNO2. The van der Waals surface area contributed by atoms with E-state index >= 15 is 0 Å². The van der Waals surface area contributed by atoms with Crippen molar-refractivity contribution in [3.05, 3.63) is 34.9 Å². The fraction of sp³-hybridized carbons (Fsp3) is 0.533. The van der Waals surface area contributed by atoms with Crippen molar-refractivity contribution in [3.8, 4) is 0 Å². The van der Waals surface area contributed by atoms with Crippen LogP contribution in [-0.2, 0) is 10.3 Å². The number of benzene rings is 1. The number of Topliss-reactive ketones (excluding diaryl/α,β-unsaturated/α-hetero) is 1. The molecule has 0 heterocycles. The lowest BCUT2D eigenvalue weighted by Gasteiger charge is -2.41. The van der Waals surface area contributed by atoms with Gasteiger partial charge in [-0.25, -0.2) is 0 Å². The molecule has 19 heavy (non-hydrogen) atoms. The highest BCUT2D eigenvalue weighted by molar-refractivity contribution is 6.31. The zero-order valence-corrected chi connectivity index (χ0v) is 12.0. The Balaban J connectivity index is 2.44. The van der Waals surface area contributed by atoms with E-state index in [0.717, 1.165) is 0 Å². The Morgan fingerprint density at radius 3 is 2.63 bits per heavy atom. The van der Waals surface area contributed by atoms with E-state index in [1.807, 2.05) is 6.07 Å². The third-order valence-electron chi connectivity index (χ3n) is 4.15. The van der Waals surface area contributed by atoms with Crippen LogP contribution in [0, 0.1) is 11.8 Å². The number of carbonyl (C=O) groups excluding carboxylic acids is 1. The molecule has 0 amide bonds. The maximum Gasteiger partial charge on any atom is 0.185 e. The molecule has 1 aliphatic carbocycles. The number of aliphatic hydroxyl groups excluding tert-OH is 1. The molecule has 0 aromatic heterocycles. The van der Waals surface area contributed by atoms with Crippen molar-refractivity contribution in [3.63, 3.8) is 0 Å². The first-order valence-electron chi connectivity index (χ1n) is 6.62. The van der Waals surface area contributed by atoms with Crippen molar-refractivity contribution in [1.82, 2.24) is 0 Å². The standard InChI is InChI=1S/C15H20ClNO2/c1-9(2)10-7-13(18)14(19)15(17,8-10)11-5-3-4-6-12(11)16/h3-6,9-10,13,18H,7-8,17H2,1-2H3/t10-,13+,15+/m0/s1. The maximum atomic E-state index is 12.3. The van der Waals surface area contributed by atoms with Crippen LogP contribution in [0.25, 0.3) is 0 Å². The summed E-state index contributed by atoms with van der Waals surface area (Å²) in [5.41, 5.74) is 5.79. The predicted molar refractivity (Wildman–Crippen MR) is 75.9 cm³/mol. The SMILES string of the molecule is CC(C)[C@H]1C[C@@H](O)C(=O)[C@](N)(c2ccccc2Cl)C1. The van der Waals surface area contributed by atoms with Gasteiger partial charge < -0.3 is 10.8 Å². The lowest BCUT2D eigenvalue weighted by atomic mass is 9.67. The second-order valence-electron chi connectivity index (χ2n) is 5.78. The summed E-state index contributed by atoms with van der Waals surface area (Å²) in [5, 5.41) is 10.5. The molecule has 0 saturated heterocycles. The van der Waals surface area contributed by atoms with Crippen molar-refractivity contribution in [1.29, 1.82) is 0 Å². The summed E-state index contributed by atoms with van der Waals surface area (Å²) in [5.74, 6) is 0.264. The minimum atomic E-state index is -1.18. The molecule has 4 heteroatoms. The minimum absolute atomic E-state index is 0.217. The Morgan fingerprint density at radius 1 is 1.42 bits per heavy atom. The molecule has 1 aromatic carbocycles. The van der Waals surface area contributed by atoms with E-state index in [-0.39, 0.29) is 11.7 Å². The van der Waals surface area contributed by atoms with Gasteiger partial charge in [0.1, 0.15) is 11.6 Å². The molecular weight excluding hydrogens is 262 g/mol. The van der Waals surface area contributed by atoms with Crippen LogP contribution in [0.5, 0.6) is 0 Å². The zero-order valence-electron chi connectivity index (χ0n) is 11.3. The van der Waals surface area contributed by atoms with E-state index in [0.29, 0.717) is 29.3 Å². The molecule has 0 spiro atoms. The van der Waals surface area contributed by atoms with E-state index < -0.39 is 11.6 Å².